The molecule has 5 rings (SSSR count). The van der Waals surface area contributed by atoms with Gasteiger partial charge >= 0.3 is 5.97 Å². The predicted octanol–water partition coefficient (Wildman–Crippen LogP) is 1.38. The first-order valence-corrected chi connectivity index (χ1v) is 12.8. The SMILES string of the molecule is O=C(O)C[C@H]1CCN(C(=O)C2CCC(Nc3cccc4c3C(=O)N(C3CCC(=O)NC3=O)C4=O)CC2)C1. The van der Waals surface area contributed by atoms with Crippen LogP contribution in [-0.4, -0.2) is 75.6 Å². The third-order valence-corrected chi connectivity index (χ3v) is 7.96. The summed E-state index contributed by atoms with van der Waals surface area (Å²) in [6, 6.07) is 4.00. The monoisotopic (exact) mass is 510 g/mol. The Bertz CT molecular complexity index is 1170. The molecule has 4 aliphatic rings. The van der Waals surface area contributed by atoms with Crippen LogP contribution in [0.1, 0.15) is 72.1 Å². The Morgan fingerprint density at radius 1 is 1.00 bits per heavy atom. The quantitative estimate of drug-likeness (QED) is 0.485. The van der Waals surface area contributed by atoms with Crippen LogP contribution in [0.3, 0.4) is 0 Å². The van der Waals surface area contributed by atoms with Gasteiger partial charge in [-0.3, -0.25) is 39.0 Å². The lowest BCUT2D eigenvalue weighted by molar-refractivity contribution is -0.139. The van der Waals surface area contributed by atoms with E-state index in [1.165, 1.54) is 0 Å². The van der Waals surface area contributed by atoms with Crippen LogP contribution in [-0.2, 0) is 19.2 Å². The van der Waals surface area contributed by atoms with Gasteiger partial charge in [-0.1, -0.05) is 6.07 Å². The van der Waals surface area contributed by atoms with Gasteiger partial charge in [-0.25, -0.2) is 0 Å². The molecule has 3 aliphatic heterocycles. The van der Waals surface area contributed by atoms with Crippen molar-refractivity contribution >= 4 is 41.2 Å². The zero-order valence-electron chi connectivity index (χ0n) is 20.4. The Labute approximate surface area is 213 Å². The average Bonchev–Trinajstić information content (AvgIpc) is 3.42. The number of carboxylic acids is 1. The van der Waals surface area contributed by atoms with Crippen molar-refractivity contribution < 1.29 is 33.9 Å². The number of hydrogen-bond acceptors (Lipinski definition) is 7. The molecular formula is C26H30N4O7. The van der Waals surface area contributed by atoms with Crippen molar-refractivity contribution in [3.05, 3.63) is 29.3 Å². The van der Waals surface area contributed by atoms with E-state index in [4.69, 9.17) is 5.11 Å². The molecule has 1 aromatic rings. The molecule has 1 saturated carbocycles. The molecule has 3 N–H and O–H groups in total. The molecule has 1 aliphatic carbocycles. The maximum atomic E-state index is 13.3. The number of nitrogens with one attached hydrogen (secondary N) is 2. The van der Waals surface area contributed by atoms with Gasteiger partial charge in [0.25, 0.3) is 11.8 Å². The Morgan fingerprint density at radius 3 is 2.46 bits per heavy atom. The van der Waals surface area contributed by atoms with Crippen LogP contribution < -0.4 is 10.6 Å². The van der Waals surface area contributed by atoms with Gasteiger partial charge in [-0.05, 0) is 56.6 Å². The van der Waals surface area contributed by atoms with E-state index in [0.29, 0.717) is 44.5 Å². The Morgan fingerprint density at radius 2 is 1.76 bits per heavy atom. The molecule has 3 heterocycles. The summed E-state index contributed by atoms with van der Waals surface area (Å²) in [4.78, 5) is 76.9. The summed E-state index contributed by atoms with van der Waals surface area (Å²) >= 11 is 0. The summed E-state index contributed by atoms with van der Waals surface area (Å²) in [6.07, 6.45) is 3.76. The summed E-state index contributed by atoms with van der Waals surface area (Å²) in [7, 11) is 0. The van der Waals surface area contributed by atoms with Crippen LogP contribution in [0.25, 0.3) is 0 Å². The van der Waals surface area contributed by atoms with E-state index in [2.05, 4.69) is 10.6 Å². The van der Waals surface area contributed by atoms with Crippen molar-refractivity contribution in [3.8, 4) is 0 Å². The lowest BCUT2D eigenvalue weighted by Crippen LogP contribution is -2.54. The Kier molecular flexibility index (Phi) is 6.70. The van der Waals surface area contributed by atoms with E-state index in [1.807, 2.05) is 0 Å². The average molecular weight is 511 g/mol. The summed E-state index contributed by atoms with van der Waals surface area (Å²) in [5, 5.41) is 14.6. The number of nitrogens with zero attached hydrogens (tertiary/aromatic N) is 2. The minimum absolute atomic E-state index is 0.0135. The fraction of sp³-hybridized carbons (Fsp3) is 0.538. The molecule has 196 valence electrons. The fourth-order valence-corrected chi connectivity index (χ4v) is 6.04. The van der Waals surface area contributed by atoms with Gasteiger partial charge in [0.1, 0.15) is 6.04 Å². The molecule has 11 nitrogen and oxygen atoms in total. The number of piperidine rings is 1. The molecule has 1 aromatic carbocycles. The highest BCUT2D eigenvalue weighted by Gasteiger charge is 2.46. The predicted molar refractivity (Wildman–Crippen MR) is 129 cm³/mol. The van der Waals surface area contributed by atoms with Crippen LogP contribution in [0.2, 0.25) is 0 Å². The number of anilines is 1. The topological polar surface area (TPSA) is 153 Å². The van der Waals surface area contributed by atoms with Crippen molar-refractivity contribution in [1.82, 2.24) is 15.1 Å². The molecule has 2 saturated heterocycles. The summed E-state index contributed by atoms with van der Waals surface area (Å²) in [5.74, 6) is -2.99. The minimum Gasteiger partial charge on any atom is -0.481 e. The van der Waals surface area contributed by atoms with E-state index >= 15 is 0 Å². The smallest absolute Gasteiger partial charge is 0.303 e. The first-order valence-electron chi connectivity index (χ1n) is 12.8. The van der Waals surface area contributed by atoms with Gasteiger partial charge in [0.05, 0.1) is 11.1 Å². The maximum absolute atomic E-state index is 13.3. The number of hydrogen-bond donors (Lipinski definition) is 3. The molecule has 0 spiro atoms. The van der Waals surface area contributed by atoms with E-state index in [-0.39, 0.29) is 54.2 Å². The van der Waals surface area contributed by atoms with E-state index in [1.54, 1.807) is 23.1 Å². The number of amides is 5. The molecule has 0 aromatic heterocycles. The normalized spacial score (nSPS) is 27.8. The van der Waals surface area contributed by atoms with E-state index < -0.39 is 35.6 Å². The number of carbonyl (C=O) groups excluding carboxylic acids is 5. The second-order valence-electron chi connectivity index (χ2n) is 10.4. The van der Waals surface area contributed by atoms with Crippen molar-refractivity contribution in [3.63, 3.8) is 0 Å². The fourth-order valence-electron chi connectivity index (χ4n) is 6.04. The number of imide groups is 2. The Balaban J connectivity index is 1.21. The molecule has 3 fully saturated rings. The summed E-state index contributed by atoms with van der Waals surface area (Å²) in [5.41, 5.74) is 0.988. The highest BCUT2D eigenvalue weighted by Crippen LogP contribution is 2.35. The maximum Gasteiger partial charge on any atom is 0.303 e. The molecule has 0 bridgehead atoms. The van der Waals surface area contributed by atoms with Gasteiger partial charge in [0, 0.05) is 43.6 Å². The number of fused-ring (bicyclic) bond motifs is 1. The molecule has 0 radical (unpaired) electrons. The molecule has 37 heavy (non-hydrogen) atoms. The van der Waals surface area contributed by atoms with Crippen LogP contribution in [0.5, 0.6) is 0 Å². The number of aliphatic carboxylic acids is 1. The van der Waals surface area contributed by atoms with Gasteiger partial charge in [-0.15, -0.1) is 0 Å². The van der Waals surface area contributed by atoms with Crippen molar-refractivity contribution in [2.45, 2.75) is 63.5 Å². The van der Waals surface area contributed by atoms with Crippen molar-refractivity contribution in [2.75, 3.05) is 18.4 Å². The van der Waals surface area contributed by atoms with Gasteiger partial charge in [-0.2, -0.15) is 0 Å². The van der Waals surface area contributed by atoms with Crippen LogP contribution in [0.4, 0.5) is 5.69 Å². The summed E-state index contributed by atoms with van der Waals surface area (Å²) in [6.45, 7) is 1.10. The van der Waals surface area contributed by atoms with Gasteiger partial charge in [0.15, 0.2) is 0 Å². The number of benzene rings is 1. The van der Waals surface area contributed by atoms with Gasteiger partial charge < -0.3 is 15.3 Å². The third kappa shape index (κ3) is 4.82. The molecule has 2 atom stereocenters. The lowest BCUT2D eigenvalue weighted by Gasteiger charge is -2.32. The van der Waals surface area contributed by atoms with Crippen LogP contribution in [0, 0.1) is 11.8 Å². The molecule has 5 amide bonds. The zero-order chi connectivity index (χ0) is 26.3. The minimum atomic E-state index is -1.01. The van der Waals surface area contributed by atoms with Gasteiger partial charge in [0.2, 0.25) is 17.7 Å². The number of likely N-dealkylation sites (tertiary alicyclic amines) is 1. The number of carboxylic acid groups (broad SMARTS) is 1. The summed E-state index contributed by atoms with van der Waals surface area (Å²) < 4.78 is 0. The second-order valence-corrected chi connectivity index (χ2v) is 10.4. The first-order chi connectivity index (χ1) is 17.7. The number of rotatable bonds is 6. The Hall–Kier alpha value is -3.76. The van der Waals surface area contributed by atoms with Crippen molar-refractivity contribution in [2.24, 2.45) is 11.8 Å². The lowest BCUT2D eigenvalue weighted by atomic mass is 9.85. The molecule has 1 unspecified atom stereocenters. The van der Waals surface area contributed by atoms with Crippen LogP contribution >= 0.6 is 0 Å². The molecular weight excluding hydrogens is 480 g/mol. The second kappa shape index (κ2) is 9.95. The number of carbonyl (C=O) groups is 6. The van der Waals surface area contributed by atoms with Crippen molar-refractivity contribution in [1.29, 1.82) is 0 Å². The van der Waals surface area contributed by atoms with Crippen LogP contribution in [0.15, 0.2) is 18.2 Å². The standard InChI is InChI=1S/C26H30N4O7/c31-20-9-8-19(23(34)28-20)30-25(36)17-2-1-3-18(22(17)26(30)37)27-16-6-4-15(5-7-16)24(35)29-11-10-14(13-29)12-21(32)33/h1-3,14-16,19,27H,4-13H2,(H,32,33)(H,28,31,34)/t14-,15?,16?,19?/m1/s1. The highest BCUT2D eigenvalue weighted by molar-refractivity contribution is 6.25. The van der Waals surface area contributed by atoms with E-state index in [9.17, 15) is 28.8 Å². The molecule has 11 heteroatoms. The van der Waals surface area contributed by atoms with E-state index in [0.717, 1.165) is 11.3 Å². The zero-order valence-corrected chi connectivity index (χ0v) is 20.4. The third-order valence-electron chi connectivity index (χ3n) is 7.96. The largest absolute Gasteiger partial charge is 0.481 e. The first kappa shape index (κ1) is 24.9. The highest BCUT2D eigenvalue weighted by atomic mass is 16.4.